The smallest absolute Gasteiger partial charge is 0.273 e. The predicted octanol–water partition coefficient (Wildman–Crippen LogP) is 6.54. The Balaban J connectivity index is 1.61. The summed E-state index contributed by atoms with van der Waals surface area (Å²) in [5, 5.41) is 24.4. The Hall–Kier alpha value is -5.24. The monoisotopic (exact) mass is 477 g/mol. The average Bonchev–Trinajstić information content (AvgIpc) is 3.33. The fourth-order valence-electron chi connectivity index (χ4n) is 3.84. The molecule has 2 N–H and O–H groups in total. The van der Waals surface area contributed by atoms with E-state index in [1.807, 2.05) is 36.4 Å². The van der Waals surface area contributed by atoms with Crippen LogP contribution in [0.3, 0.4) is 0 Å². The Kier molecular flexibility index (Phi) is 5.98. The highest BCUT2D eigenvalue weighted by molar-refractivity contribution is 6.05. The highest BCUT2D eigenvalue weighted by Crippen LogP contribution is 2.40. The lowest BCUT2D eigenvalue weighted by Gasteiger charge is -2.09. The second-order valence-corrected chi connectivity index (χ2v) is 7.89. The summed E-state index contributed by atoms with van der Waals surface area (Å²) in [5.41, 5.74) is 2.91. The molecule has 8 nitrogen and oxygen atoms in total. The van der Waals surface area contributed by atoms with Crippen molar-refractivity contribution < 1.29 is 19.2 Å². The minimum Gasteiger partial charge on any atom is -0.507 e. The van der Waals surface area contributed by atoms with Crippen molar-refractivity contribution in [3.63, 3.8) is 0 Å². The highest BCUT2D eigenvalue weighted by atomic mass is 16.6. The van der Waals surface area contributed by atoms with Crippen LogP contribution in [0.4, 0.5) is 11.6 Å². The minimum atomic E-state index is -0.572. The van der Waals surface area contributed by atoms with Gasteiger partial charge in [-0.2, -0.15) is 0 Å². The zero-order chi connectivity index (χ0) is 25.1. The number of nitrogens with zero attached hydrogens (tertiary/aromatic N) is 2. The molecule has 0 atom stereocenters. The molecule has 0 radical (unpaired) electrons. The van der Waals surface area contributed by atoms with Crippen LogP contribution in [0, 0.1) is 10.1 Å². The summed E-state index contributed by atoms with van der Waals surface area (Å²) >= 11 is 0. The van der Waals surface area contributed by atoms with Crippen molar-refractivity contribution in [2.45, 2.75) is 0 Å². The molecule has 0 aliphatic heterocycles. The number of amides is 1. The van der Waals surface area contributed by atoms with Gasteiger partial charge in [-0.25, -0.2) is 4.98 Å². The van der Waals surface area contributed by atoms with Crippen LogP contribution in [-0.2, 0) is 0 Å². The number of nitrogens with one attached hydrogen (secondary N) is 1. The molecule has 5 aromatic rings. The lowest BCUT2D eigenvalue weighted by atomic mass is 9.98. The molecule has 0 aliphatic carbocycles. The Morgan fingerprint density at radius 1 is 0.833 bits per heavy atom. The summed E-state index contributed by atoms with van der Waals surface area (Å²) < 4.78 is 6.08. The quantitative estimate of drug-likeness (QED) is 0.212. The molecule has 4 aromatic carbocycles. The van der Waals surface area contributed by atoms with E-state index in [9.17, 15) is 20.0 Å². The molecule has 1 amide bonds. The van der Waals surface area contributed by atoms with Crippen molar-refractivity contribution >= 4 is 17.5 Å². The number of oxazole rings is 1. The van der Waals surface area contributed by atoms with Crippen molar-refractivity contribution in [2.24, 2.45) is 0 Å². The van der Waals surface area contributed by atoms with Crippen LogP contribution in [-0.4, -0.2) is 20.9 Å². The van der Waals surface area contributed by atoms with Gasteiger partial charge in [-0.3, -0.25) is 20.2 Å². The number of phenolic OH excluding ortho intramolecular Hbond substituents is 1. The standard InChI is InChI=1S/C28H19N3O5/c32-24-17-20(31(34)35)15-16-22(24)21-13-7-8-14-23(21)27-29-25(18-9-3-1-4-10-18)28(36-27)30-26(33)19-11-5-2-6-12-19/h1-17,32H,(H,30,33). The number of hydrogen-bond acceptors (Lipinski definition) is 6. The Morgan fingerprint density at radius 2 is 1.47 bits per heavy atom. The summed E-state index contributed by atoms with van der Waals surface area (Å²) in [6.07, 6.45) is 0. The third kappa shape index (κ3) is 4.43. The van der Waals surface area contributed by atoms with Crippen molar-refractivity contribution in [2.75, 3.05) is 5.32 Å². The molecule has 0 saturated carbocycles. The number of rotatable bonds is 6. The summed E-state index contributed by atoms with van der Waals surface area (Å²) in [5.74, 6) is -0.209. The predicted molar refractivity (Wildman–Crippen MR) is 136 cm³/mol. The first-order chi connectivity index (χ1) is 17.5. The second kappa shape index (κ2) is 9.55. The van der Waals surface area contributed by atoms with Gasteiger partial charge in [0.25, 0.3) is 11.6 Å². The van der Waals surface area contributed by atoms with Gasteiger partial charge >= 0.3 is 0 Å². The van der Waals surface area contributed by atoms with Crippen LogP contribution in [0.1, 0.15) is 10.4 Å². The summed E-state index contributed by atoms with van der Waals surface area (Å²) in [4.78, 5) is 28.1. The van der Waals surface area contributed by atoms with Crippen molar-refractivity contribution in [3.05, 3.63) is 119 Å². The summed E-state index contributed by atoms with van der Waals surface area (Å²) in [6.45, 7) is 0. The van der Waals surface area contributed by atoms with Gasteiger partial charge in [-0.15, -0.1) is 0 Å². The average molecular weight is 477 g/mol. The molecular formula is C28H19N3O5. The molecule has 176 valence electrons. The summed E-state index contributed by atoms with van der Waals surface area (Å²) in [7, 11) is 0. The lowest BCUT2D eigenvalue weighted by molar-refractivity contribution is -0.384. The molecule has 1 heterocycles. The molecular weight excluding hydrogens is 458 g/mol. The number of phenols is 1. The first-order valence-electron chi connectivity index (χ1n) is 11.0. The van der Waals surface area contributed by atoms with Gasteiger partial charge in [-0.05, 0) is 29.8 Å². The van der Waals surface area contributed by atoms with Gasteiger partial charge < -0.3 is 9.52 Å². The van der Waals surface area contributed by atoms with Crippen LogP contribution >= 0.6 is 0 Å². The van der Waals surface area contributed by atoms with Gasteiger partial charge in [0.1, 0.15) is 11.4 Å². The van der Waals surface area contributed by atoms with Crippen molar-refractivity contribution in [3.8, 4) is 39.6 Å². The molecule has 0 bridgehead atoms. The minimum absolute atomic E-state index is 0.174. The third-order valence-corrected chi connectivity index (χ3v) is 5.58. The Labute approximate surface area is 205 Å². The third-order valence-electron chi connectivity index (χ3n) is 5.58. The number of benzene rings is 4. The fraction of sp³-hybridized carbons (Fsp3) is 0. The van der Waals surface area contributed by atoms with E-state index < -0.39 is 4.92 Å². The largest absolute Gasteiger partial charge is 0.507 e. The molecule has 0 aliphatic rings. The molecule has 1 aromatic heterocycles. The van der Waals surface area contributed by atoms with Gasteiger partial charge in [-0.1, -0.05) is 66.7 Å². The zero-order valence-corrected chi connectivity index (χ0v) is 18.8. The molecule has 8 heteroatoms. The molecule has 0 unspecified atom stereocenters. The van der Waals surface area contributed by atoms with E-state index in [0.29, 0.717) is 27.9 Å². The van der Waals surface area contributed by atoms with E-state index in [2.05, 4.69) is 10.3 Å². The number of carbonyl (C=O) groups is 1. The maximum absolute atomic E-state index is 12.9. The van der Waals surface area contributed by atoms with Crippen LogP contribution in [0.2, 0.25) is 0 Å². The molecule has 0 spiro atoms. The topological polar surface area (TPSA) is 118 Å². The number of anilines is 1. The van der Waals surface area contributed by atoms with Gasteiger partial charge in [0.15, 0.2) is 0 Å². The van der Waals surface area contributed by atoms with Crippen molar-refractivity contribution in [1.82, 2.24) is 4.98 Å². The van der Waals surface area contributed by atoms with Crippen molar-refractivity contribution in [1.29, 1.82) is 0 Å². The zero-order valence-electron chi connectivity index (χ0n) is 18.8. The van der Waals surface area contributed by atoms with Crippen LogP contribution < -0.4 is 5.32 Å². The molecule has 0 fully saturated rings. The highest BCUT2D eigenvalue weighted by Gasteiger charge is 2.22. The number of hydrogen-bond donors (Lipinski definition) is 2. The van der Waals surface area contributed by atoms with Crippen LogP contribution in [0.25, 0.3) is 33.8 Å². The number of aromatic nitrogens is 1. The van der Waals surface area contributed by atoms with Crippen LogP contribution in [0.15, 0.2) is 108 Å². The Bertz CT molecular complexity index is 1560. The first kappa shape index (κ1) is 22.5. The van der Waals surface area contributed by atoms with Gasteiger partial charge in [0.2, 0.25) is 11.8 Å². The molecule has 5 rings (SSSR count). The van der Waals surface area contributed by atoms with E-state index in [1.54, 1.807) is 48.5 Å². The summed E-state index contributed by atoms with van der Waals surface area (Å²) in [6, 6.07) is 29.0. The van der Waals surface area contributed by atoms with Crippen LogP contribution in [0.5, 0.6) is 5.75 Å². The van der Waals surface area contributed by atoms with E-state index in [0.717, 1.165) is 11.6 Å². The first-order valence-corrected chi connectivity index (χ1v) is 11.0. The number of non-ortho nitro benzene ring substituents is 1. The SMILES string of the molecule is O=C(Nc1oc(-c2ccccc2-c2ccc([N+](=O)[O-])cc2O)nc1-c1ccccc1)c1ccccc1. The number of aromatic hydroxyl groups is 1. The molecule has 36 heavy (non-hydrogen) atoms. The Morgan fingerprint density at radius 3 is 2.14 bits per heavy atom. The maximum atomic E-state index is 12.9. The van der Waals surface area contributed by atoms with E-state index in [4.69, 9.17) is 4.42 Å². The lowest BCUT2D eigenvalue weighted by Crippen LogP contribution is -2.11. The van der Waals surface area contributed by atoms with Gasteiger partial charge in [0, 0.05) is 28.3 Å². The normalized spacial score (nSPS) is 10.7. The number of nitro groups is 1. The van der Waals surface area contributed by atoms with E-state index >= 15 is 0 Å². The van der Waals surface area contributed by atoms with E-state index in [1.165, 1.54) is 12.1 Å². The maximum Gasteiger partial charge on any atom is 0.273 e. The van der Waals surface area contributed by atoms with E-state index in [-0.39, 0.29) is 29.1 Å². The fourth-order valence-corrected chi connectivity index (χ4v) is 3.84. The second-order valence-electron chi connectivity index (χ2n) is 7.89. The number of nitro benzene ring substituents is 1. The number of carbonyl (C=O) groups excluding carboxylic acids is 1. The molecule has 0 saturated heterocycles. The van der Waals surface area contributed by atoms with Gasteiger partial charge in [0.05, 0.1) is 11.0 Å².